The van der Waals surface area contributed by atoms with Crippen molar-refractivity contribution in [3.63, 3.8) is 0 Å². The van der Waals surface area contributed by atoms with Crippen LogP contribution in [0.4, 0.5) is 0 Å². The Kier molecular flexibility index (Phi) is 9.97. The maximum absolute atomic E-state index is 5.95. The van der Waals surface area contributed by atoms with Gasteiger partial charge < -0.3 is 25.4 Å². The van der Waals surface area contributed by atoms with Crippen LogP contribution in [0.5, 0.6) is 5.75 Å². The minimum Gasteiger partial charge on any atom is -0.494 e. The molecule has 7 nitrogen and oxygen atoms in total. The molecule has 0 saturated carbocycles. The summed E-state index contributed by atoms with van der Waals surface area (Å²) in [7, 11) is 4.14. The van der Waals surface area contributed by atoms with E-state index in [2.05, 4.69) is 34.2 Å². The SMILES string of the molecule is CN(C)CCCOc1ccc(CN=C(N)NCCCN2CCOCC2)cc1. The highest BCUT2D eigenvalue weighted by atomic mass is 16.5. The molecule has 0 atom stereocenters. The number of ether oxygens (including phenoxy) is 2. The molecular weight excluding hydrogens is 342 g/mol. The van der Waals surface area contributed by atoms with Crippen LogP contribution in [-0.4, -0.2) is 82.4 Å². The van der Waals surface area contributed by atoms with Crippen molar-refractivity contribution in [1.29, 1.82) is 0 Å². The molecular formula is C20H35N5O2. The maximum atomic E-state index is 5.95. The predicted octanol–water partition coefficient (Wildman–Crippen LogP) is 1.14. The Morgan fingerprint density at radius 1 is 1.22 bits per heavy atom. The molecule has 1 aromatic carbocycles. The van der Waals surface area contributed by atoms with Crippen molar-refractivity contribution in [2.45, 2.75) is 19.4 Å². The number of nitrogens with one attached hydrogen (secondary N) is 1. The molecule has 0 bridgehead atoms. The standard InChI is InChI=1S/C20H35N5O2/c1-24(2)10-4-14-27-19-7-5-18(6-8-19)17-23-20(21)22-9-3-11-25-12-15-26-16-13-25/h5-8H,3-4,9-17H2,1-2H3,(H3,21,22,23). The van der Waals surface area contributed by atoms with Crippen LogP contribution in [0.15, 0.2) is 29.3 Å². The zero-order chi connectivity index (χ0) is 19.3. The third-order valence-electron chi connectivity index (χ3n) is 4.43. The number of hydrogen-bond donors (Lipinski definition) is 2. The highest BCUT2D eigenvalue weighted by Crippen LogP contribution is 2.13. The van der Waals surface area contributed by atoms with Crippen LogP contribution < -0.4 is 15.8 Å². The first-order chi connectivity index (χ1) is 13.1. The monoisotopic (exact) mass is 377 g/mol. The lowest BCUT2D eigenvalue weighted by molar-refractivity contribution is 0.0376. The minimum atomic E-state index is 0.501. The molecule has 1 aromatic rings. The normalized spacial score (nSPS) is 15.9. The summed E-state index contributed by atoms with van der Waals surface area (Å²) in [4.78, 5) is 8.98. The van der Waals surface area contributed by atoms with Gasteiger partial charge in [-0.15, -0.1) is 0 Å². The maximum Gasteiger partial charge on any atom is 0.188 e. The van der Waals surface area contributed by atoms with Gasteiger partial charge in [0.1, 0.15) is 5.75 Å². The van der Waals surface area contributed by atoms with E-state index in [0.29, 0.717) is 12.5 Å². The summed E-state index contributed by atoms with van der Waals surface area (Å²) < 4.78 is 11.1. The molecule has 1 aliphatic heterocycles. The van der Waals surface area contributed by atoms with E-state index in [4.69, 9.17) is 15.2 Å². The molecule has 3 N–H and O–H groups in total. The second-order valence-electron chi connectivity index (χ2n) is 7.09. The molecule has 0 amide bonds. The van der Waals surface area contributed by atoms with Gasteiger partial charge in [-0.2, -0.15) is 0 Å². The van der Waals surface area contributed by atoms with Gasteiger partial charge in [0.2, 0.25) is 0 Å². The summed E-state index contributed by atoms with van der Waals surface area (Å²) in [5.41, 5.74) is 7.07. The van der Waals surface area contributed by atoms with Gasteiger partial charge in [0, 0.05) is 26.2 Å². The Morgan fingerprint density at radius 2 is 1.96 bits per heavy atom. The van der Waals surface area contributed by atoms with Crippen LogP contribution in [0.2, 0.25) is 0 Å². The van der Waals surface area contributed by atoms with Gasteiger partial charge in [-0.25, -0.2) is 4.99 Å². The van der Waals surface area contributed by atoms with E-state index in [9.17, 15) is 0 Å². The van der Waals surface area contributed by atoms with E-state index in [0.717, 1.165) is 76.7 Å². The van der Waals surface area contributed by atoms with Gasteiger partial charge >= 0.3 is 0 Å². The lowest BCUT2D eigenvalue weighted by Crippen LogP contribution is -2.39. The molecule has 0 aliphatic carbocycles. The van der Waals surface area contributed by atoms with E-state index >= 15 is 0 Å². The smallest absolute Gasteiger partial charge is 0.188 e. The summed E-state index contributed by atoms with van der Waals surface area (Å²) in [5, 5.41) is 3.19. The minimum absolute atomic E-state index is 0.501. The fourth-order valence-corrected chi connectivity index (χ4v) is 2.84. The zero-order valence-electron chi connectivity index (χ0n) is 16.8. The van der Waals surface area contributed by atoms with Crippen molar-refractivity contribution < 1.29 is 9.47 Å². The van der Waals surface area contributed by atoms with Gasteiger partial charge in [0.25, 0.3) is 0 Å². The van der Waals surface area contributed by atoms with Gasteiger partial charge in [-0.1, -0.05) is 12.1 Å². The van der Waals surface area contributed by atoms with Crippen LogP contribution in [0.25, 0.3) is 0 Å². The number of nitrogens with two attached hydrogens (primary N) is 1. The summed E-state index contributed by atoms with van der Waals surface area (Å²) in [6.45, 7) is 7.99. The lowest BCUT2D eigenvalue weighted by atomic mass is 10.2. The zero-order valence-corrected chi connectivity index (χ0v) is 16.8. The van der Waals surface area contributed by atoms with E-state index < -0.39 is 0 Å². The van der Waals surface area contributed by atoms with E-state index in [1.54, 1.807) is 0 Å². The van der Waals surface area contributed by atoms with Gasteiger partial charge in [-0.3, -0.25) is 4.90 Å². The van der Waals surface area contributed by atoms with Crippen LogP contribution in [0.3, 0.4) is 0 Å². The largest absolute Gasteiger partial charge is 0.494 e. The molecule has 152 valence electrons. The Morgan fingerprint density at radius 3 is 2.67 bits per heavy atom. The quantitative estimate of drug-likeness (QED) is 0.342. The average Bonchev–Trinajstić information content (AvgIpc) is 2.68. The van der Waals surface area contributed by atoms with Crippen molar-refractivity contribution in [2.24, 2.45) is 10.7 Å². The molecule has 1 fully saturated rings. The number of benzene rings is 1. The van der Waals surface area contributed by atoms with Crippen LogP contribution >= 0.6 is 0 Å². The Balaban J connectivity index is 1.59. The number of nitrogens with zero attached hydrogens (tertiary/aromatic N) is 3. The fraction of sp³-hybridized carbons (Fsp3) is 0.650. The Labute approximate surface area is 163 Å². The second-order valence-corrected chi connectivity index (χ2v) is 7.09. The summed E-state index contributed by atoms with van der Waals surface area (Å²) >= 11 is 0. The number of guanidine groups is 1. The number of rotatable bonds is 11. The van der Waals surface area contributed by atoms with Crippen molar-refractivity contribution in [3.05, 3.63) is 29.8 Å². The molecule has 2 rings (SSSR count). The van der Waals surface area contributed by atoms with E-state index in [1.807, 2.05) is 24.3 Å². The first kappa shape index (κ1) is 21.5. The summed E-state index contributed by atoms with van der Waals surface area (Å²) in [6, 6.07) is 8.06. The summed E-state index contributed by atoms with van der Waals surface area (Å²) in [5.74, 6) is 1.40. The lowest BCUT2D eigenvalue weighted by Gasteiger charge is -2.26. The average molecular weight is 378 g/mol. The molecule has 27 heavy (non-hydrogen) atoms. The summed E-state index contributed by atoms with van der Waals surface area (Å²) in [6.07, 6.45) is 2.07. The Bertz CT molecular complexity index is 542. The third kappa shape index (κ3) is 9.60. The molecule has 1 heterocycles. The highest BCUT2D eigenvalue weighted by Gasteiger charge is 2.08. The first-order valence-electron chi connectivity index (χ1n) is 9.84. The fourth-order valence-electron chi connectivity index (χ4n) is 2.84. The Hall–Kier alpha value is -1.83. The van der Waals surface area contributed by atoms with E-state index in [-0.39, 0.29) is 0 Å². The number of morpholine rings is 1. The topological polar surface area (TPSA) is 75.3 Å². The van der Waals surface area contributed by atoms with E-state index in [1.165, 1.54) is 0 Å². The van der Waals surface area contributed by atoms with Gasteiger partial charge in [0.05, 0.1) is 26.4 Å². The molecule has 7 heteroatoms. The first-order valence-corrected chi connectivity index (χ1v) is 9.84. The number of hydrogen-bond acceptors (Lipinski definition) is 5. The highest BCUT2D eigenvalue weighted by molar-refractivity contribution is 5.77. The van der Waals surface area contributed by atoms with Gasteiger partial charge in [0.15, 0.2) is 5.96 Å². The predicted molar refractivity (Wildman–Crippen MR) is 110 cm³/mol. The second kappa shape index (κ2) is 12.5. The van der Waals surface area contributed by atoms with Crippen LogP contribution in [-0.2, 0) is 11.3 Å². The van der Waals surface area contributed by atoms with Crippen LogP contribution in [0.1, 0.15) is 18.4 Å². The molecule has 1 aliphatic rings. The number of aliphatic imine (C=N–C) groups is 1. The van der Waals surface area contributed by atoms with Crippen LogP contribution in [0, 0.1) is 0 Å². The molecule has 0 aromatic heterocycles. The van der Waals surface area contributed by atoms with Crippen molar-refractivity contribution in [1.82, 2.24) is 15.1 Å². The molecule has 0 unspecified atom stereocenters. The van der Waals surface area contributed by atoms with Gasteiger partial charge in [-0.05, 0) is 51.2 Å². The molecule has 1 saturated heterocycles. The molecule has 0 radical (unpaired) electrons. The van der Waals surface area contributed by atoms with Crippen molar-refractivity contribution >= 4 is 5.96 Å². The van der Waals surface area contributed by atoms with Crippen molar-refractivity contribution in [3.8, 4) is 5.75 Å². The van der Waals surface area contributed by atoms with Crippen molar-refractivity contribution in [2.75, 3.05) is 66.6 Å². The molecule has 0 spiro atoms. The third-order valence-corrected chi connectivity index (χ3v) is 4.43.